The van der Waals surface area contributed by atoms with Gasteiger partial charge in [-0.05, 0) is 55.9 Å². The van der Waals surface area contributed by atoms with Gasteiger partial charge in [-0.2, -0.15) is 5.10 Å². The number of rotatable bonds is 8. The third kappa shape index (κ3) is 4.19. The lowest BCUT2D eigenvalue weighted by Gasteiger charge is -2.05. The molecule has 5 heteroatoms. The third-order valence-electron chi connectivity index (χ3n) is 5.33. The Hall–Kier alpha value is -2.82. The fourth-order valence-electron chi connectivity index (χ4n) is 3.55. The Morgan fingerprint density at radius 1 is 1.00 bits per heavy atom. The lowest BCUT2D eigenvalue weighted by atomic mass is 10.1. The number of aryl methyl sites for hydroxylation is 3. The van der Waals surface area contributed by atoms with Crippen molar-refractivity contribution in [3.8, 4) is 5.75 Å². The van der Waals surface area contributed by atoms with Crippen LogP contribution in [0.2, 0.25) is 0 Å². The van der Waals surface area contributed by atoms with E-state index >= 15 is 0 Å². The molecule has 1 saturated carbocycles. The predicted octanol–water partition coefficient (Wildman–Crippen LogP) is 3.92. The van der Waals surface area contributed by atoms with E-state index in [1.165, 1.54) is 11.1 Å². The molecule has 4 rings (SSSR count). The molecule has 0 spiro atoms. The first-order valence-corrected chi connectivity index (χ1v) is 10.0. The topological polar surface area (TPSA) is 49.1 Å². The predicted molar refractivity (Wildman–Crippen MR) is 110 cm³/mol. The minimum absolute atomic E-state index is 0.0301. The first-order chi connectivity index (χ1) is 13.6. The smallest absolute Gasteiger partial charge is 0.346 e. The van der Waals surface area contributed by atoms with Crippen LogP contribution in [0.4, 0.5) is 0 Å². The van der Waals surface area contributed by atoms with Gasteiger partial charge in [-0.3, -0.25) is 4.57 Å². The Morgan fingerprint density at radius 2 is 1.68 bits per heavy atom. The standard InChI is InChI=1S/C23H27N3O2/c1-17-6-8-19(9-7-17)16-25-23(27)26(20-12-13-20)22(24-25)5-3-4-18-10-14-21(28-2)15-11-18/h6-11,14-15,20H,3-5,12-13,16H2,1-2H3. The zero-order valence-electron chi connectivity index (χ0n) is 16.6. The SMILES string of the molecule is COc1ccc(CCCc2nn(Cc3ccc(C)cc3)c(=O)n2C2CC2)cc1. The molecule has 1 aromatic heterocycles. The van der Waals surface area contributed by atoms with Crippen molar-refractivity contribution in [1.82, 2.24) is 14.3 Å². The molecule has 1 aliphatic rings. The highest BCUT2D eigenvalue weighted by Crippen LogP contribution is 2.34. The summed E-state index contributed by atoms with van der Waals surface area (Å²) >= 11 is 0. The van der Waals surface area contributed by atoms with Crippen molar-refractivity contribution in [2.75, 3.05) is 7.11 Å². The van der Waals surface area contributed by atoms with Crippen LogP contribution in [0.3, 0.4) is 0 Å². The van der Waals surface area contributed by atoms with Gasteiger partial charge in [-0.15, -0.1) is 0 Å². The van der Waals surface area contributed by atoms with Gasteiger partial charge in [-0.25, -0.2) is 9.48 Å². The zero-order valence-corrected chi connectivity index (χ0v) is 16.6. The molecule has 0 saturated heterocycles. The van der Waals surface area contributed by atoms with Crippen molar-refractivity contribution in [2.24, 2.45) is 0 Å². The fourth-order valence-corrected chi connectivity index (χ4v) is 3.55. The van der Waals surface area contributed by atoms with Crippen LogP contribution in [0.5, 0.6) is 5.75 Å². The number of ether oxygens (including phenoxy) is 1. The molecule has 1 aliphatic carbocycles. The van der Waals surface area contributed by atoms with Crippen LogP contribution in [-0.4, -0.2) is 21.5 Å². The molecule has 0 amide bonds. The van der Waals surface area contributed by atoms with Crippen molar-refractivity contribution in [3.63, 3.8) is 0 Å². The minimum Gasteiger partial charge on any atom is -0.497 e. The van der Waals surface area contributed by atoms with Gasteiger partial charge in [-0.1, -0.05) is 42.0 Å². The number of hydrogen-bond acceptors (Lipinski definition) is 3. The maximum absolute atomic E-state index is 12.9. The lowest BCUT2D eigenvalue weighted by molar-refractivity contribution is 0.414. The maximum Gasteiger partial charge on any atom is 0.346 e. The Labute approximate surface area is 165 Å². The van der Waals surface area contributed by atoms with Crippen molar-refractivity contribution in [1.29, 1.82) is 0 Å². The molecule has 0 bridgehead atoms. The van der Waals surface area contributed by atoms with Gasteiger partial charge >= 0.3 is 5.69 Å². The van der Waals surface area contributed by atoms with E-state index in [0.717, 1.165) is 49.2 Å². The first-order valence-electron chi connectivity index (χ1n) is 10.0. The molecule has 0 unspecified atom stereocenters. The summed E-state index contributed by atoms with van der Waals surface area (Å²) in [5.74, 6) is 1.80. The quantitative estimate of drug-likeness (QED) is 0.598. The summed E-state index contributed by atoms with van der Waals surface area (Å²) < 4.78 is 8.78. The van der Waals surface area contributed by atoms with Crippen LogP contribution in [0.1, 0.15) is 47.8 Å². The van der Waals surface area contributed by atoms with E-state index in [0.29, 0.717) is 12.6 Å². The van der Waals surface area contributed by atoms with E-state index in [4.69, 9.17) is 9.84 Å². The van der Waals surface area contributed by atoms with Crippen molar-refractivity contribution >= 4 is 0 Å². The number of methoxy groups -OCH3 is 1. The summed E-state index contributed by atoms with van der Waals surface area (Å²) in [6, 6.07) is 16.8. The molecule has 0 aliphatic heterocycles. The molecule has 3 aromatic rings. The van der Waals surface area contributed by atoms with E-state index in [1.54, 1.807) is 11.8 Å². The average Bonchev–Trinajstić information content (AvgIpc) is 3.50. The van der Waals surface area contributed by atoms with Crippen LogP contribution in [0.15, 0.2) is 53.3 Å². The third-order valence-corrected chi connectivity index (χ3v) is 5.33. The molecule has 146 valence electrons. The molecule has 1 heterocycles. The van der Waals surface area contributed by atoms with Gasteiger partial charge < -0.3 is 4.74 Å². The van der Waals surface area contributed by atoms with Gasteiger partial charge in [0.25, 0.3) is 0 Å². The van der Waals surface area contributed by atoms with E-state index in [9.17, 15) is 4.79 Å². The largest absolute Gasteiger partial charge is 0.497 e. The van der Waals surface area contributed by atoms with E-state index in [-0.39, 0.29) is 5.69 Å². The van der Waals surface area contributed by atoms with E-state index < -0.39 is 0 Å². The van der Waals surface area contributed by atoms with E-state index in [2.05, 4.69) is 43.3 Å². The summed E-state index contributed by atoms with van der Waals surface area (Å²) in [5, 5.41) is 4.69. The van der Waals surface area contributed by atoms with Crippen LogP contribution >= 0.6 is 0 Å². The number of aromatic nitrogens is 3. The summed E-state index contributed by atoms with van der Waals surface area (Å²) in [5.41, 5.74) is 3.64. The first kappa shape index (κ1) is 18.5. The number of hydrogen-bond donors (Lipinski definition) is 0. The molecule has 1 fully saturated rings. The Bertz CT molecular complexity index is 980. The lowest BCUT2D eigenvalue weighted by Crippen LogP contribution is -2.25. The van der Waals surface area contributed by atoms with Gasteiger partial charge in [0.1, 0.15) is 11.6 Å². The maximum atomic E-state index is 12.9. The Morgan fingerprint density at radius 3 is 2.32 bits per heavy atom. The molecule has 0 atom stereocenters. The van der Waals surface area contributed by atoms with Crippen LogP contribution in [0, 0.1) is 6.92 Å². The molecular formula is C23H27N3O2. The molecular weight excluding hydrogens is 350 g/mol. The Kier molecular flexibility index (Phi) is 5.33. The van der Waals surface area contributed by atoms with Gasteiger partial charge in [0.05, 0.1) is 13.7 Å². The molecule has 2 aromatic carbocycles. The second-order valence-electron chi connectivity index (χ2n) is 7.64. The number of benzene rings is 2. The molecule has 0 N–H and O–H groups in total. The number of nitrogens with zero attached hydrogens (tertiary/aromatic N) is 3. The van der Waals surface area contributed by atoms with Crippen molar-refractivity contribution < 1.29 is 4.74 Å². The highest BCUT2D eigenvalue weighted by molar-refractivity contribution is 5.27. The van der Waals surface area contributed by atoms with Crippen LogP contribution < -0.4 is 10.4 Å². The summed E-state index contributed by atoms with van der Waals surface area (Å²) in [6.07, 6.45) is 4.93. The fraction of sp³-hybridized carbons (Fsp3) is 0.391. The second-order valence-corrected chi connectivity index (χ2v) is 7.64. The molecule has 0 radical (unpaired) electrons. The van der Waals surface area contributed by atoms with Gasteiger partial charge in [0.15, 0.2) is 0 Å². The minimum atomic E-state index is 0.0301. The highest BCUT2D eigenvalue weighted by atomic mass is 16.5. The summed E-state index contributed by atoms with van der Waals surface area (Å²) in [7, 11) is 1.68. The molecule has 5 nitrogen and oxygen atoms in total. The van der Waals surface area contributed by atoms with Crippen LogP contribution in [-0.2, 0) is 19.4 Å². The summed E-state index contributed by atoms with van der Waals surface area (Å²) in [6.45, 7) is 2.60. The summed E-state index contributed by atoms with van der Waals surface area (Å²) in [4.78, 5) is 12.9. The average molecular weight is 377 g/mol. The second kappa shape index (κ2) is 8.05. The van der Waals surface area contributed by atoms with E-state index in [1.807, 2.05) is 16.7 Å². The zero-order chi connectivity index (χ0) is 19.5. The Balaban J connectivity index is 1.46. The normalized spacial score (nSPS) is 13.6. The van der Waals surface area contributed by atoms with Crippen molar-refractivity contribution in [3.05, 3.63) is 81.5 Å². The monoisotopic (exact) mass is 377 g/mol. The highest BCUT2D eigenvalue weighted by Gasteiger charge is 2.29. The van der Waals surface area contributed by atoms with Crippen LogP contribution in [0.25, 0.3) is 0 Å². The van der Waals surface area contributed by atoms with Gasteiger partial charge in [0.2, 0.25) is 0 Å². The van der Waals surface area contributed by atoms with Gasteiger partial charge in [0, 0.05) is 12.5 Å². The molecule has 28 heavy (non-hydrogen) atoms. The van der Waals surface area contributed by atoms with Crippen molar-refractivity contribution in [2.45, 2.75) is 51.6 Å².